The molecule has 2 aromatic rings. The first-order valence-electron chi connectivity index (χ1n) is 7.48. The quantitative estimate of drug-likeness (QED) is 0.863. The van der Waals surface area contributed by atoms with Gasteiger partial charge in [0, 0.05) is 33.0 Å². The number of alkyl halides is 2. The molecule has 1 aromatic heterocycles. The van der Waals surface area contributed by atoms with Gasteiger partial charge in [-0.25, -0.2) is 0 Å². The van der Waals surface area contributed by atoms with Crippen LogP contribution in [0.2, 0.25) is 5.02 Å². The maximum absolute atomic E-state index is 12.3. The predicted molar refractivity (Wildman–Crippen MR) is 91.0 cm³/mol. The van der Waals surface area contributed by atoms with Crippen LogP contribution in [0.15, 0.2) is 24.4 Å². The van der Waals surface area contributed by atoms with E-state index in [1.807, 2.05) is 6.92 Å². The number of hydrogen-bond donors (Lipinski definition) is 2. The number of ether oxygens (including phenoxy) is 1. The summed E-state index contributed by atoms with van der Waals surface area (Å²) >= 11 is 5.92. The number of carbonyl (C=O) groups excluding carboxylic acids is 2. The van der Waals surface area contributed by atoms with Crippen molar-refractivity contribution in [1.29, 1.82) is 0 Å². The molecule has 1 saturated heterocycles. The van der Waals surface area contributed by atoms with Gasteiger partial charge in [-0.2, -0.15) is 8.78 Å². The maximum Gasteiger partial charge on any atom is 0.387 e. The van der Waals surface area contributed by atoms with Gasteiger partial charge in [0.05, 0.1) is 16.1 Å². The van der Waals surface area contributed by atoms with Gasteiger partial charge >= 0.3 is 6.61 Å². The molecule has 3 rings (SSSR count). The lowest BCUT2D eigenvalue weighted by atomic mass is 10.1. The van der Waals surface area contributed by atoms with Gasteiger partial charge in [0.25, 0.3) is 5.91 Å². The molecule has 2 N–H and O–H groups in total. The van der Waals surface area contributed by atoms with Gasteiger partial charge in [-0.15, -0.1) is 0 Å². The number of amides is 2. The van der Waals surface area contributed by atoms with E-state index in [9.17, 15) is 18.4 Å². The summed E-state index contributed by atoms with van der Waals surface area (Å²) in [7, 11) is 0. The van der Waals surface area contributed by atoms with Crippen LogP contribution in [0, 0.1) is 5.92 Å². The number of pyridine rings is 1. The van der Waals surface area contributed by atoms with Gasteiger partial charge in [-0.1, -0.05) is 18.5 Å². The maximum atomic E-state index is 12.3. The highest BCUT2D eigenvalue weighted by molar-refractivity contribution is 6.32. The SMILES string of the molecule is C[C@@H]1CNC(=O)[C@H]1NC(=O)c1cnc2cc(OC(F)F)c(Cl)cc2c1.[HH].[HH]. The van der Waals surface area contributed by atoms with E-state index in [-0.39, 0.29) is 31.0 Å². The molecule has 1 aliphatic heterocycles. The van der Waals surface area contributed by atoms with Crippen molar-refractivity contribution in [3.63, 3.8) is 0 Å². The second-order valence-corrected chi connectivity index (χ2v) is 6.16. The Morgan fingerprint density at radius 1 is 1.48 bits per heavy atom. The summed E-state index contributed by atoms with van der Waals surface area (Å²) < 4.78 is 29.0. The number of nitrogens with one attached hydrogen (secondary N) is 2. The lowest BCUT2D eigenvalue weighted by Crippen LogP contribution is -2.42. The Morgan fingerprint density at radius 3 is 2.88 bits per heavy atom. The minimum Gasteiger partial charge on any atom is -0.433 e. The molecule has 0 unspecified atom stereocenters. The molecule has 1 fully saturated rings. The van der Waals surface area contributed by atoms with Crippen LogP contribution in [-0.4, -0.2) is 36.0 Å². The van der Waals surface area contributed by atoms with Gasteiger partial charge in [0.15, 0.2) is 0 Å². The van der Waals surface area contributed by atoms with Gasteiger partial charge < -0.3 is 15.4 Å². The fraction of sp³-hybridized carbons (Fsp3) is 0.312. The zero-order valence-electron chi connectivity index (χ0n) is 13.1. The second kappa shape index (κ2) is 6.79. The van der Waals surface area contributed by atoms with E-state index in [1.165, 1.54) is 24.4 Å². The number of benzene rings is 1. The Kier molecular flexibility index (Phi) is 4.71. The van der Waals surface area contributed by atoms with E-state index in [2.05, 4.69) is 20.4 Å². The number of rotatable bonds is 4. The Bertz CT molecular complexity index is 857. The standard InChI is InChI=1S/C16H14ClF2N3O3.2H2/c1-7-5-21-15(24)13(7)22-14(23)9-2-8-3-10(17)12(25-16(18)19)4-11(8)20-6-9;;/h2-4,6-7,13,16H,5H2,1H3,(H,21,24)(H,22,23);2*1H/t7-,13+;;/m1../s1. The molecule has 2 amide bonds. The Labute approximate surface area is 149 Å². The summed E-state index contributed by atoms with van der Waals surface area (Å²) in [6.07, 6.45) is 1.30. The fourth-order valence-corrected chi connectivity index (χ4v) is 2.84. The Balaban J connectivity index is 0.00000182. The number of carbonyl (C=O) groups is 2. The van der Waals surface area contributed by atoms with Crippen molar-refractivity contribution in [3.8, 4) is 5.75 Å². The fourth-order valence-electron chi connectivity index (χ4n) is 2.62. The third-order valence-electron chi connectivity index (χ3n) is 3.95. The van der Waals surface area contributed by atoms with Crippen LogP contribution in [0.4, 0.5) is 8.78 Å². The highest BCUT2D eigenvalue weighted by Crippen LogP contribution is 2.30. The molecule has 0 saturated carbocycles. The smallest absolute Gasteiger partial charge is 0.387 e. The molecular formula is C16H18ClF2N3O3. The largest absolute Gasteiger partial charge is 0.433 e. The topological polar surface area (TPSA) is 80.3 Å². The summed E-state index contributed by atoms with van der Waals surface area (Å²) in [5, 5.41) is 5.81. The van der Waals surface area contributed by atoms with Gasteiger partial charge in [0.1, 0.15) is 11.8 Å². The van der Waals surface area contributed by atoms with Crippen molar-refractivity contribution >= 4 is 34.3 Å². The third-order valence-corrected chi connectivity index (χ3v) is 4.24. The van der Waals surface area contributed by atoms with E-state index < -0.39 is 18.6 Å². The highest BCUT2D eigenvalue weighted by Gasteiger charge is 2.32. The number of aromatic nitrogens is 1. The molecule has 1 aromatic carbocycles. The van der Waals surface area contributed by atoms with Gasteiger partial charge in [-0.3, -0.25) is 14.6 Å². The summed E-state index contributed by atoms with van der Waals surface area (Å²) in [5.41, 5.74) is 0.585. The zero-order valence-corrected chi connectivity index (χ0v) is 13.8. The van der Waals surface area contributed by atoms with Crippen molar-refractivity contribution in [2.45, 2.75) is 19.6 Å². The van der Waals surface area contributed by atoms with Crippen molar-refractivity contribution < 1.29 is 26.0 Å². The molecule has 0 radical (unpaired) electrons. The van der Waals surface area contributed by atoms with Crippen LogP contribution in [0.1, 0.15) is 20.1 Å². The van der Waals surface area contributed by atoms with Crippen molar-refractivity contribution in [2.24, 2.45) is 5.92 Å². The molecule has 9 heteroatoms. The van der Waals surface area contributed by atoms with Crippen molar-refractivity contribution in [3.05, 3.63) is 35.0 Å². The van der Waals surface area contributed by atoms with Crippen molar-refractivity contribution in [2.75, 3.05) is 6.54 Å². The van der Waals surface area contributed by atoms with E-state index in [0.717, 1.165) is 0 Å². The highest BCUT2D eigenvalue weighted by atomic mass is 35.5. The molecule has 1 aliphatic rings. The summed E-state index contributed by atoms with van der Waals surface area (Å²) in [6, 6.07) is 3.59. The first-order valence-corrected chi connectivity index (χ1v) is 7.85. The van der Waals surface area contributed by atoms with Crippen LogP contribution in [0.3, 0.4) is 0 Å². The minimum atomic E-state index is -3.00. The molecular weight excluding hydrogens is 356 g/mol. The Hall–Kier alpha value is -2.48. The van der Waals surface area contributed by atoms with Crippen molar-refractivity contribution in [1.82, 2.24) is 15.6 Å². The lowest BCUT2D eigenvalue weighted by Gasteiger charge is -2.14. The van der Waals surface area contributed by atoms with Crippen LogP contribution >= 0.6 is 11.6 Å². The van der Waals surface area contributed by atoms with E-state index >= 15 is 0 Å². The van der Waals surface area contributed by atoms with Gasteiger partial charge in [-0.05, 0) is 12.1 Å². The van der Waals surface area contributed by atoms with Crippen LogP contribution in [0.25, 0.3) is 10.9 Å². The normalized spacial score (nSPS) is 20.0. The van der Waals surface area contributed by atoms with Crippen LogP contribution < -0.4 is 15.4 Å². The lowest BCUT2D eigenvalue weighted by molar-refractivity contribution is -0.121. The second-order valence-electron chi connectivity index (χ2n) is 5.75. The molecule has 0 spiro atoms. The van der Waals surface area contributed by atoms with Crippen LogP contribution in [0.5, 0.6) is 5.75 Å². The molecule has 136 valence electrons. The number of fused-ring (bicyclic) bond motifs is 1. The third kappa shape index (κ3) is 3.63. The van der Waals surface area contributed by atoms with Gasteiger partial charge in [0.2, 0.25) is 5.91 Å². The summed E-state index contributed by atoms with van der Waals surface area (Å²) in [6.45, 7) is -0.645. The monoisotopic (exact) mass is 373 g/mol. The average Bonchev–Trinajstić information content (AvgIpc) is 2.86. The first-order chi connectivity index (χ1) is 11.8. The predicted octanol–water partition coefficient (Wildman–Crippen LogP) is 2.85. The van der Waals surface area contributed by atoms with Crippen LogP contribution in [-0.2, 0) is 4.79 Å². The summed E-state index contributed by atoms with van der Waals surface area (Å²) in [4.78, 5) is 28.1. The van der Waals surface area contributed by atoms with E-state index in [1.54, 1.807) is 0 Å². The zero-order chi connectivity index (χ0) is 18.1. The van der Waals surface area contributed by atoms with E-state index in [4.69, 9.17) is 11.6 Å². The molecule has 0 bridgehead atoms. The number of nitrogens with zero attached hydrogens (tertiary/aromatic N) is 1. The molecule has 2 heterocycles. The molecule has 0 aliphatic carbocycles. The molecule has 25 heavy (non-hydrogen) atoms. The summed E-state index contributed by atoms with van der Waals surface area (Å²) in [5.74, 6) is -0.891. The van der Waals surface area contributed by atoms with E-state index in [0.29, 0.717) is 17.4 Å². The Morgan fingerprint density at radius 2 is 2.24 bits per heavy atom. The molecule has 6 nitrogen and oxygen atoms in total. The number of hydrogen-bond acceptors (Lipinski definition) is 4. The molecule has 2 atom stereocenters. The minimum absolute atomic E-state index is 0. The number of halogens is 3. The first kappa shape index (κ1) is 17.3. The average molecular weight is 374 g/mol.